The van der Waals surface area contributed by atoms with Gasteiger partial charge >= 0.3 is 0 Å². The number of hydrogen-bond acceptors (Lipinski definition) is 3. The number of fused-ring (bicyclic) bond motifs is 9. The first-order valence-corrected chi connectivity index (χ1v) is 14.5. The summed E-state index contributed by atoms with van der Waals surface area (Å²) in [4.78, 5) is 0. The van der Waals surface area contributed by atoms with E-state index in [1.54, 1.807) is 6.26 Å². The summed E-state index contributed by atoms with van der Waals surface area (Å²) in [5.41, 5.74) is 9.01. The van der Waals surface area contributed by atoms with Crippen LogP contribution in [0.3, 0.4) is 0 Å². The van der Waals surface area contributed by atoms with Crippen molar-refractivity contribution in [2.45, 2.75) is 0 Å². The zero-order valence-corrected chi connectivity index (χ0v) is 22.9. The van der Waals surface area contributed by atoms with E-state index in [4.69, 9.17) is 13.3 Å². The normalized spacial score (nSPS) is 12.2. The molecule has 0 spiro atoms. The van der Waals surface area contributed by atoms with E-state index in [0.717, 1.165) is 66.0 Å². The second kappa shape index (κ2) is 8.37. The summed E-state index contributed by atoms with van der Waals surface area (Å²) in [6, 6.07) is 44.9. The quantitative estimate of drug-likeness (QED) is 0.201. The smallest absolute Gasteiger partial charge is 0.143 e. The Balaban J connectivity index is 1.30. The van der Waals surface area contributed by atoms with Gasteiger partial charge < -0.3 is 13.3 Å². The molecule has 200 valence electrons. The second-order valence-electron chi connectivity index (χ2n) is 11.2. The fourth-order valence-electron chi connectivity index (χ4n) is 7.06. The molecule has 0 unspecified atom stereocenters. The highest BCUT2D eigenvalue weighted by atomic mass is 16.3. The van der Waals surface area contributed by atoms with Crippen LogP contribution in [0.1, 0.15) is 0 Å². The van der Waals surface area contributed by atoms with Crippen molar-refractivity contribution in [2.75, 3.05) is 0 Å². The predicted octanol–water partition coefficient (Wildman–Crippen LogP) is 11.9. The second-order valence-corrected chi connectivity index (χ2v) is 11.2. The molecular weight excluding hydrogens is 528 g/mol. The summed E-state index contributed by atoms with van der Waals surface area (Å²) in [5.74, 6) is 0. The summed E-state index contributed by atoms with van der Waals surface area (Å²) in [7, 11) is 0. The Labute approximate surface area is 245 Å². The molecule has 3 aromatic heterocycles. The van der Waals surface area contributed by atoms with E-state index in [1.165, 1.54) is 32.7 Å². The number of benzene rings is 7. The van der Waals surface area contributed by atoms with Gasteiger partial charge in [-0.05, 0) is 69.1 Å². The molecule has 0 bridgehead atoms. The molecule has 0 saturated heterocycles. The van der Waals surface area contributed by atoms with Gasteiger partial charge in [-0.3, -0.25) is 0 Å². The summed E-state index contributed by atoms with van der Waals surface area (Å²) in [5, 5.41) is 10.2. The van der Waals surface area contributed by atoms with Crippen LogP contribution in [0.5, 0.6) is 0 Å². The number of para-hydroxylation sites is 2. The van der Waals surface area contributed by atoms with Gasteiger partial charge in [0.15, 0.2) is 0 Å². The van der Waals surface area contributed by atoms with Gasteiger partial charge in [0.25, 0.3) is 0 Å². The third-order valence-electron chi connectivity index (χ3n) is 8.94. The monoisotopic (exact) mass is 550 g/mol. The highest BCUT2D eigenvalue weighted by Crippen LogP contribution is 2.47. The topological polar surface area (TPSA) is 39.4 Å². The Kier molecular flexibility index (Phi) is 4.45. The van der Waals surface area contributed by atoms with Gasteiger partial charge in [-0.2, -0.15) is 0 Å². The lowest BCUT2D eigenvalue weighted by Crippen LogP contribution is -1.91. The van der Waals surface area contributed by atoms with E-state index in [0.29, 0.717) is 0 Å². The number of rotatable bonds is 2. The molecule has 10 rings (SSSR count). The lowest BCUT2D eigenvalue weighted by molar-refractivity contribution is 0.616. The maximum absolute atomic E-state index is 6.65. The van der Waals surface area contributed by atoms with Crippen molar-refractivity contribution in [1.29, 1.82) is 0 Å². The fourth-order valence-corrected chi connectivity index (χ4v) is 7.06. The van der Waals surface area contributed by atoms with Gasteiger partial charge in [-0.25, -0.2) is 0 Å². The van der Waals surface area contributed by atoms with Crippen molar-refractivity contribution in [2.24, 2.45) is 0 Å². The van der Waals surface area contributed by atoms with Crippen LogP contribution in [0.15, 0.2) is 147 Å². The zero-order valence-electron chi connectivity index (χ0n) is 22.9. The van der Waals surface area contributed by atoms with Crippen LogP contribution < -0.4 is 0 Å². The molecule has 0 saturated carbocycles. The largest absolute Gasteiger partial charge is 0.464 e. The van der Waals surface area contributed by atoms with Crippen molar-refractivity contribution >= 4 is 76.4 Å². The molecule has 3 heteroatoms. The van der Waals surface area contributed by atoms with Crippen molar-refractivity contribution in [3.8, 4) is 22.3 Å². The molecule has 0 aliphatic heterocycles. The molecule has 3 heterocycles. The fraction of sp³-hybridized carbons (Fsp3) is 0. The standard InChI is InChI=1S/C40H22O3/c1-3-11-29-27(9-1)38(24-16-17-26-25-8-5-6-15-34(25)42-36(26)21-24)28-10-2-4-12-30(28)39(29)32-14-7-13-31-33-22-35-23(18-19-41-35)20-37(33)43-40(31)32/h1-22H. The lowest BCUT2D eigenvalue weighted by Gasteiger charge is -2.17. The van der Waals surface area contributed by atoms with E-state index < -0.39 is 0 Å². The molecule has 0 atom stereocenters. The first kappa shape index (κ1) is 22.8. The minimum Gasteiger partial charge on any atom is -0.464 e. The van der Waals surface area contributed by atoms with Gasteiger partial charge in [0, 0.05) is 38.1 Å². The third kappa shape index (κ3) is 3.14. The van der Waals surface area contributed by atoms with Crippen LogP contribution in [0, 0.1) is 0 Å². The summed E-state index contributed by atoms with van der Waals surface area (Å²) in [6.07, 6.45) is 1.73. The van der Waals surface area contributed by atoms with Gasteiger partial charge in [0.05, 0.1) is 6.26 Å². The van der Waals surface area contributed by atoms with Crippen LogP contribution >= 0.6 is 0 Å². The van der Waals surface area contributed by atoms with E-state index in [2.05, 4.69) is 109 Å². The Bertz CT molecular complexity index is 2680. The molecule has 0 aliphatic rings. The Morgan fingerprint density at radius 1 is 0.372 bits per heavy atom. The molecule has 43 heavy (non-hydrogen) atoms. The molecule has 0 aliphatic carbocycles. The van der Waals surface area contributed by atoms with Crippen molar-refractivity contribution < 1.29 is 13.3 Å². The van der Waals surface area contributed by atoms with Crippen molar-refractivity contribution in [1.82, 2.24) is 0 Å². The predicted molar refractivity (Wildman–Crippen MR) is 177 cm³/mol. The van der Waals surface area contributed by atoms with Gasteiger partial charge in [-0.15, -0.1) is 0 Å². The Morgan fingerprint density at radius 2 is 1.02 bits per heavy atom. The van der Waals surface area contributed by atoms with Gasteiger partial charge in [0.2, 0.25) is 0 Å². The number of furan rings is 3. The van der Waals surface area contributed by atoms with Crippen LogP contribution in [0.2, 0.25) is 0 Å². The van der Waals surface area contributed by atoms with E-state index in [-0.39, 0.29) is 0 Å². The van der Waals surface area contributed by atoms with Gasteiger partial charge in [-0.1, -0.05) is 91.0 Å². The molecule has 0 N–H and O–H groups in total. The van der Waals surface area contributed by atoms with Crippen LogP contribution in [0.25, 0.3) is 98.6 Å². The summed E-state index contributed by atoms with van der Waals surface area (Å²) < 4.78 is 18.7. The van der Waals surface area contributed by atoms with Crippen molar-refractivity contribution in [3.63, 3.8) is 0 Å². The van der Waals surface area contributed by atoms with E-state index >= 15 is 0 Å². The highest BCUT2D eigenvalue weighted by Gasteiger charge is 2.21. The molecule has 0 radical (unpaired) electrons. The Morgan fingerprint density at radius 3 is 1.81 bits per heavy atom. The minimum absolute atomic E-state index is 0.862. The molecular formula is C40H22O3. The average Bonchev–Trinajstić information content (AvgIpc) is 3.77. The minimum atomic E-state index is 0.862. The first-order valence-electron chi connectivity index (χ1n) is 14.5. The third-order valence-corrected chi connectivity index (χ3v) is 8.94. The first-order chi connectivity index (χ1) is 21.3. The maximum Gasteiger partial charge on any atom is 0.143 e. The van der Waals surface area contributed by atoms with Crippen LogP contribution in [-0.2, 0) is 0 Å². The summed E-state index contributed by atoms with van der Waals surface area (Å²) >= 11 is 0. The molecule has 7 aromatic carbocycles. The average molecular weight is 551 g/mol. The SMILES string of the molecule is c1ccc2c(c1)oc1cc(-c3c4ccccc4c(-c4cccc5c4oc4cc6ccoc6cc45)c4ccccc34)ccc12. The van der Waals surface area contributed by atoms with Crippen LogP contribution in [-0.4, -0.2) is 0 Å². The number of hydrogen-bond donors (Lipinski definition) is 0. The van der Waals surface area contributed by atoms with E-state index in [1.807, 2.05) is 18.2 Å². The molecule has 0 amide bonds. The van der Waals surface area contributed by atoms with E-state index in [9.17, 15) is 0 Å². The lowest BCUT2D eigenvalue weighted by atomic mass is 9.85. The maximum atomic E-state index is 6.65. The molecule has 3 nitrogen and oxygen atoms in total. The molecule has 0 fully saturated rings. The van der Waals surface area contributed by atoms with Crippen LogP contribution in [0.4, 0.5) is 0 Å². The molecule has 10 aromatic rings. The van der Waals surface area contributed by atoms with Gasteiger partial charge in [0.1, 0.15) is 27.9 Å². The zero-order chi connectivity index (χ0) is 28.1. The Hall–Kier alpha value is -5.80. The summed E-state index contributed by atoms with van der Waals surface area (Å²) in [6.45, 7) is 0. The van der Waals surface area contributed by atoms with Crippen molar-refractivity contribution in [3.05, 3.63) is 134 Å². The highest BCUT2D eigenvalue weighted by molar-refractivity contribution is 6.25.